The van der Waals surface area contributed by atoms with E-state index in [2.05, 4.69) is 0 Å². The molecule has 0 N–H and O–H groups in total. The largest absolute Gasteiger partial charge is 0.468 e. The van der Waals surface area contributed by atoms with Crippen molar-refractivity contribution in [1.29, 1.82) is 0 Å². The molecule has 30 heavy (non-hydrogen) atoms. The Balaban J connectivity index is 3.09. The maximum absolute atomic E-state index is 13.0. The van der Waals surface area contributed by atoms with Gasteiger partial charge in [0.25, 0.3) is 0 Å². The van der Waals surface area contributed by atoms with Gasteiger partial charge in [0.05, 0.1) is 48.1 Å². The fourth-order valence-electron chi connectivity index (χ4n) is 5.34. The lowest BCUT2D eigenvalue weighted by Gasteiger charge is -2.47. The van der Waals surface area contributed by atoms with Gasteiger partial charge in [-0.25, -0.2) is 0 Å². The van der Waals surface area contributed by atoms with Gasteiger partial charge in [-0.05, 0) is 12.8 Å². The minimum atomic E-state index is -2.76. The van der Waals surface area contributed by atoms with E-state index in [-0.39, 0.29) is 12.8 Å². The summed E-state index contributed by atoms with van der Waals surface area (Å²) in [4.78, 5) is 77.8. The van der Waals surface area contributed by atoms with Crippen molar-refractivity contribution in [2.24, 2.45) is 21.7 Å². The highest BCUT2D eigenvalue weighted by molar-refractivity contribution is 6.26. The van der Waals surface area contributed by atoms with Crippen molar-refractivity contribution in [2.75, 3.05) is 42.7 Å². The molecule has 12 heteroatoms. The lowest BCUT2D eigenvalue weighted by Crippen LogP contribution is -2.61. The summed E-state index contributed by atoms with van der Waals surface area (Å²) in [5.74, 6) is -7.98. The highest BCUT2D eigenvalue weighted by Crippen LogP contribution is 2.92. The quantitative estimate of drug-likeness (QED) is 0.281. The summed E-state index contributed by atoms with van der Waals surface area (Å²) in [6.07, 6.45) is -0.594. The number of rotatable bonds is 6. The Morgan fingerprint density at radius 2 is 0.733 bits per heavy atom. The van der Waals surface area contributed by atoms with E-state index in [1.165, 1.54) is 0 Å². The van der Waals surface area contributed by atoms with E-state index in [1.54, 1.807) is 0 Å². The van der Waals surface area contributed by atoms with E-state index in [1.807, 2.05) is 0 Å². The molecule has 1 spiro atoms. The second kappa shape index (κ2) is 7.26. The maximum atomic E-state index is 13.0. The molecular formula is C18H22O12. The van der Waals surface area contributed by atoms with Crippen LogP contribution in [0.3, 0.4) is 0 Å². The molecule has 0 amide bonds. The van der Waals surface area contributed by atoms with Crippen LogP contribution >= 0.6 is 0 Å². The zero-order chi connectivity index (χ0) is 23.1. The Hall–Kier alpha value is -3.18. The first kappa shape index (κ1) is 23.1. The van der Waals surface area contributed by atoms with Crippen LogP contribution in [0.15, 0.2) is 0 Å². The van der Waals surface area contributed by atoms with Crippen LogP contribution in [0, 0.1) is 21.7 Å². The molecule has 2 rings (SSSR count). The van der Waals surface area contributed by atoms with Gasteiger partial charge in [-0.1, -0.05) is 0 Å². The third-order valence-corrected chi connectivity index (χ3v) is 6.42. The third-order valence-electron chi connectivity index (χ3n) is 6.42. The summed E-state index contributed by atoms with van der Waals surface area (Å²) >= 11 is 0. The number of hydrogen-bond acceptors (Lipinski definition) is 12. The first-order valence-corrected chi connectivity index (χ1v) is 8.61. The highest BCUT2D eigenvalue weighted by atomic mass is 16.6. The van der Waals surface area contributed by atoms with Gasteiger partial charge >= 0.3 is 35.8 Å². The van der Waals surface area contributed by atoms with Gasteiger partial charge < -0.3 is 28.4 Å². The number of carbonyl (C=O) groups is 6. The predicted octanol–water partition coefficient (Wildman–Crippen LogP) is -1.22. The molecule has 0 atom stereocenters. The van der Waals surface area contributed by atoms with E-state index in [0.29, 0.717) is 0 Å². The summed E-state index contributed by atoms with van der Waals surface area (Å²) in [6.45, 7) is 0. The SMILES string of the molecule is COC(=O)C1(C(=O)OC)CCC12C(C(=O)OC)(C(=O)OC)C2(C(=O)OC)C(=O)OC. The van der Waals surface area contributed by atoms with Crippen LogP contribution in [0.2, 0.25) is 0 Å². The zero-order valence-corrected chi connectivity index (χ0v) is 17.3. The molecule has 2 aliphatic carbocycles. The lowest BCUT2D eigenvalue weighted by molar-refractivity contribution is -0.195. The van der Waals surface area contributed by atoms with Crippen LogP contribution in [-0.4, -0.2) is 78.5 Å². The molecule has 0 radical (unpaired) electrons. The van der Waals surface area contributed by atoms with Crippen molar-refractivity contribution in [3.05, 3.63) is 0 Å². The molecule has 0 heterocycles. The average Bonchev–Trinajstić information content (AvgIpc) is 3.39. The molecule has 2 saturated carbocycles. The number of hydrogen-bond donors (Lipinski definition) is 0. The molecule has 12 nitrogen and oxygen atoms in total. The Bertz CT molecular complexity index is 735. The van der Waals surface area contributed by atoms with Crippen molar-refractivity contribution in [1.82, 2.24) is 0 Å². The highest BCUT2D eigenvalue weighted by Gasteiger charge is 3.10. The Morgan fingerprint density at radius 3 is 0.900 bits per heavy atom. The Kier molecular flexibility index (Phi) is 5.59. The van der Waals surface area contributed by atoms with E-state index < -0.39 is 57.5 Å². The molecule has 0 aromatic heterocycles. The van der Waals surface area contributed by atoms with E-state index in [4.69, 9.17) is 28.4 Å². The Morgan fingerprint density at radius 1 is 0.467 bits per heavy atom. The van der Waals surface area contributed by atoms with Crippen molar-refractivity contribution in [3.8, 4) is 0 Å². The lowest BCUT2D eigenvalue weighted by atomic mass is 9.52. The maximum Gasteiger partial charge on any atom is 0.325 e. The smallest absolute Gasteiger partial charge is 0.325 e. The van der Waals surface area contributed by atoms with Gasteiger partial charge in [0.15, 0.2) is 5.41 Å². The van der Waals surface area contributed by atoms with Gasteiger partial charge in [0, 0.05) is 0 Å². The number of carbonyl (C=O) groups excluding carboxylic acids is 6. The van der Waals surface area contributed by atoms with Gasteiger partial charge in [-0.2, -0.15) is 0 Å². The van der Waals surface area contributed by atoms with Crippen molar-refractivity contribution in [2.45, 2.75) is 12.8 Å². The van der Waals surface area contributed by atoms with Crippen LogP contribution in [0.5, 0.6) is 0 Å². The molecule has 2 fully saturated rings. The van der Waals surface area contributed by atoms with Crippen LogP contribution < -0.4 is 0 Å². The topological polar surface area (TPSA) is 158 Å². The van der Waals surface area contributed by atoms with Crippen molar-refractivity contribution >= 4 is 35.8 Å². The summed E-state index contributed by atoms with van der Waals surface area (Å²) in [6, 6.07) is 0. The third kappa shape index (κ3) is 1.91. The molecule has 0 aliphatic heterocycles. The van der Waals surface area contributed by atoms with Gasteiger partial charge in [0.2, 0.25) is 10.8 Å². The van der Waals surface area contributed by atoms with Crippen LogP contribution in [0.1, 0.15) is 12.8 Å². The first-order chi connectivity index (χ1) is 14.1. The molecule has 2 aliphatic rings. The standard InChI is InChI=1S/C18H22O12/c1-25-9(19)15(10(20)26-2)7-8-16(15)17(11(21)27-3,12(22)28-4)18(16,13(23)29-5)14(24)30-6/h7-8H2,1-6H3. The second-order valence-corrected chi connectivity index (χ2v) is 6.76. The summed E-state index contributed by atoms with van der Waals surface area (Å²) in [5.41, 5.74) is -10.2. The minimum Gasteiger partial charge on any atom is -0.468 e. The average molecular weight is 430 g/mol. The first-order valence-electron chi connectivity index (χ1n) is 8.61. The van der Waals surface area contributed by atoms with E-state index in [9.17, 15) is 28.8 Å². The molecule has 0 bridgehead atoms. The van der Waals surface area contributed by atoms with Crippen LogP contribution in [0.25, 0.3) is 0 Å². The molecular weight excluding hydrogens is 408 g/mol. The second-order valence-electron chi connectivity index (χ2n) is 6.76. The number of ether oxygens (including phenoxy) is 6. The zero-order valence-electron chi connectivity index (χ0n) is 17.3. The summed E-state index contributed by atoms with van der Waals surface area (Å²) in [5, 5.41) is 0. The molecule has 166 valence electrons. The fourth-order valence-corrected chi connectivity index (χ4v) is 5.34. The van der Waals surface area contributed by atoms with Crippen molar-refractivity contribution in [3.63, 3.8) is 0 Å². The van der Waals surface area contributed by atoms with E-state index >= 15 is 0 Å². The molecule has 0 unspecified atom stereocenters. The summed E-state index contributed by atoms with van der Waals surface area (Å²) < 4.78 is 28.4. The van der Waals surface area contributed by atoms with Crippen LogP contribution in [-0.2, 0) is 57.2 Å². The fraction of sp³-hybridized carbons (Fsp3) is 0.667. The predicted molar refractivity (Wildman–Crippen MR) is 91.1 cm³/mol. The normalized spacial score (nSPS) is 20.6. The molecule has 0 saturated heterocycles. The molecule has 0 aromatic rings. The van der Waals surface area contributed by atoms with Crippen molar-refractivity contribution < 1.29 is 57.2 Å². The number of esters is 6. The Labute approximate surface area is 171 Å². The summed E-state index contributed by atoms with van der Waals surface area (Å²) in [7, 11) is 5.50. The van der Waals surface area contributed by atoms with Gasteiger partial charge in [0.1, 0.15) is 0 Å². The van der Waals surface area contributed by atoms with Gasteiger partial charge in [-0.15, -0.1) is 0 Å². The van der Waals surface area contributed by atoms with Crippen LogP contribution in [0.4, 0.5) is 0 Å². The van der Waals surface area contributed by atoms with Gasteiger partial charge in [-0.3, -0.25) is 28.8 Å². The monoisotopic (exact) mass is 430 g/mol. The van der Waals surface area contributed by atoms with E-state index in [0.717, 1.165) is 42.7 Å². The number of methoxy groups -OCH3 is 6. The molecule has 0 aromatic carbocycles. The minimum absolute atomic E-state index is 0.294.